The van der Waals surface area contributed by atoms with Gasteiger partial charge in [-0.2, -0.15) is 0 Å². The van der Waals surface area contributed by atoms with E-state index < -0.39 is 24.3 Å². The van der Waals surface area contributed by atoms with E-state index in [0.717, 1.165) is 89.9 Å². The van der Waals surface area contributed by atoms with E-state index in [4.69, 9.17) is 18.9 Å². The summed E-state index contributed by atoms with van der Waals surface area (Å²) in [5.41, 5.74) is 0. The lowest BCUT2D eigenvalue weighted by atomic mass is 10.0. The van der Waals surface area contributed by atoms with Crippen molar-refractivity contribution in [3.05, 3.63) is 109 Å². The van der Waals surface area contributed by atoms with Crippen LogP contribution < -0.4 is 5.11 Å². The van der Waals surface area contributed by atoms with Gasteiger partial charge in [-0.3, -0.25) is 9.59 Å². The van der Waals surface area contributed by atoms with Crippen LogP contribution in [0.3, 0.4) is 0 Å². The number of carboxylic acid groups (broad SMARTS) is 1. The Morgan fingerprint density at radius 2 is 0.607 bits per heavy atom. The number of likely N-dealkylation sites (N-methyl/N-ethyl adjacent to an activating group) is 1. The first-order valence-electron chi connectivity index (χ1n) is 37.0. The highest BCUT2D eigenvalue weighted by molar-refractivity contribution is 5.70. The molecule has 0 heterocycles. The molecule has 2 unspecified atom stereocenters. The predicted octanol–water partition coefficient (Wildman–Crippen LogP) is 22.0. The van der Waals surface area contributed by atoms with Crippen molar-refractivity contribution in [2.24, 2.45) is 0 Å². The molecule has 0 aromatic rings. The van der Waals surface area contributed by atoms with E-state index >= 15 is 0 Å². The van der Waals surface area contributed by atoms with E-state index in [2.05, 4.69) is 123 Å². The van der Waals surface area contributed by atoms with Crippen LogP contribution >= 0.6 is 0 Å². The largest absolute Gasteiger partial charge is 0.545 e. The van der Waals surface area contributed by atoms with E-state index in [1.807, 2.05) is 21.1 Å². The first-order valence-corrected chi connectivity index (χ1v) is 37.0. The van der Waals surface area contributed by atoms with Gasteiger partial charge in [0.1, 0.15) is 13.2 Å². The molecule has 89 heavy (non-hydrogen) atoms. The van der Waals surface area contributed by atoms with Crippen molar-refractivity contribution in [3.63, 3.8) is 0 Å². The van der Waals surface area contributed by atoms with Crippen molar-refractivity contribution in [1.29, 1.82) is 0 Å². The fourth-order valence-electron chi connectivity index (χ4n) is 10.4. The maximum absolute atomic E-state index is 13.0. The number of esters is 2. The molecular formula is C80H139NO8. The Kier molecular flexibility index (Phi) is 66.7. The number of unbranched alkanes of at least 4 members (excludes halogenated alkanes) is 35. The van der Waals surface area contributed by atoms with Crippen molar-refractivity contribution >= 4 is 17.9 Å². The Hall–Kier alpha value is -4.05. The van der Waals surface area contributed by atoms with Crippen LogP contribution in [0.15, 0.2) is 109 Å². The molecule has 0 aliphatic heterocycles. The zero-order valence-electron chi connectivity index (χ0n) is 58.5. The first kappa shape index (κ1) is 85.0. The van der Waals surface area contributed by atoms with Gasteiger partial charge < -0.3 is 33.3 Å². The summed E-state index contributed by atoms with van der Waals surface area (Å²) in [6, 6.07) is 0. The summed E-state index contributed by atoms with van der Waals surface area (Å²) >= 11 is 0. The molecule has 0 aromatic carbocycles. The Labute approximate surface area is 549 Å². The maximum atomic E-state index is 13.0. The molecule has 0 saturated heterocycles. The fraction of sp³-hybridized carbons (Fsp3) is 0.738. The van der Waals surface area contributed by atoms with Gasteiger partial charge in [0.2, 0.25) is 0 Å². The van der Waals surface area contributed by atoms with Crippen LogP contribution in [0.1, 0.15) is 322 Å². The molecule has 0 aliphatic carbocycles. The summed E-state index contributed by atoms with van der Waals surface area (Å²) in [5, 5.41) is 11.8. The smallest absolute Gasteiger partial charge is 0.306 e. The average molecular weight is 1240 g/mol. The minimum Gasteiger partial charge on any atom is -0.545 e. The molecule has 0 rings (SSSR count). The predicted molar refractivity (Wildman–Crippen MR) is 380 cm³/mol. The van der Waals surface area contributed by atoms with E-state index in [1.165, 1.54) is 199 Å². The van der Waals surface area contributed by atoms with Crippen molar-refractivity contribution < 1.29 is 42.9 Å². The van der Waals surface area contributed by atoms with E-state index in [1.54, 1.807) is 0 Å². The van der Waals surface area contributed by atoms with Gasteiger partial charge in [-0.25, -0.2) is 0 Å². The summed E-state index contributed by atoms with van der Waals surface area (Å²) < 4.78 is 22.8. The Morgan fingerprint density at radius 1 is 0.337 bits per heavy atom. The minimum absolute atomic E-state index is 0.146. The standard InChI is InChI=1S/C80H139NO8/c1-6-8-10-12-14-16-18-20-22-24-26-28-30-32-34-35-36-37-38-39-40-41-42-43-45-47-49-51-53-55-57-59-61-63-65-67-69-71-78(83)89-76(75-88-80(79(84)85)86-73-72-81(3,4)5)74-87-77(82)70-68-66-64-62-60-58-56-54-52-50-48-46-44-33-31-29-27-25-23-21-19-17-15-13-11-9-7-2/h8-11,14-17,20-23,26-29,32,34,76,80H,6-7,12-13,18-19,24-25,30-31,33,35-75H2,1-5H3/b10-8-,11-9-,16-14-,17-15-,22-20-,23-21-,28-26-,29-27-,34-32-. The molecule has 0 spiro atoms. The second-order valence-electron chi connectivity index (χ2n) is 25.8. The lowest BCUT2D eigenvalue weighted by molar-refractivity contribution is -0.870. The molecule has 9 nitrogen and oxygen atoms in total. The van der Waals surface area contributed by atoms with Gasteiger partial charge in [0.15, 0.2) is 12.4 Å². The van der Waals surface area contributed by atoms with Crippen LogP contribution in [0.2, 0.25) is 0 Å². The van der Waals surface area contributed by atoms with Crippen LogP contribution in [-0.2, 0) is 33.3 Å². The lowest BCUT2D eigenvalue weighted by Gasteiger charge is -2.26. The van der Waals surface area contributed by atoms with Crippen LogP contribution in [0.4, 0.5) is 0 Å². The molecule has 0 saturated carbocycles. The fourth-order valence-corrected chi connectivity index (χ4v) is 10.4. The van der Waals surface area contributed by atoms with Gasteiger partial charge in [-0.1, -0.05) is 322 Å². The third-order valence-corrected chi connectivity index (χ3v) is 16.0. The summed E-state index contributed by atoms with van der Waals surface area (Å²) in [6.07, 6.45) is 94.7. The maximum Gasteiger partial charge on any atom is 0.306 e. The van der Waals surface area contributed by atoms with Gasteiger partial charge in [0.25, 0.3) is 0 Å². The number of hydrogen-bond donors (Lipinski definition) is 0. The Morgan fingerprint density at radius 3 is 0.899 bits per heavy atom. The topological polar surface area (TPSA) is 111 Å². The van der Waals surface area contributed by atoms with Crippen molar-refractivity contribution in [2.75, 3.05) is 47.5 Å². The number of rotatable bonds is 68. The molecular weight excluding hydrogens is 1100 g/mol. The van der Waals surface area contributed by atoms with Gasteiger partial charge in [-0.05, 0) is 96.3 Å². The number of ether oxygens (including phenoxy) is 4. The lowest BCUT2D eigenvalue weighted by Crippen LogP contribution is -2.44. The molecule has 0 aromatic heterocycles. The van der Waals surface area contributed by atoms with E-state index in [-0.39, 0.29) is 38.6 Å². The van der Waals surface area contributed by atoms with Crippen LogP contribution in [0.5, 0.6) is 0 Å². The summed E-state index contributed by atoms with van der Waals surface area (Å²) in [7, 11) is 5.94. The van der Waals surface area contributed by atoms with Crippen molar-refractivity contribution in [3.8, 4) is 0 Å². The van der Waals surface area contributed by atoms with E-state index in [0.29, 0.717) is 17.4 Å². The summed E-state index contributed by atoms with van der Waals surface area (Å²) in [4.78, 5) is 37.5. The normalized spacial score (nSPS) is 13.3. The number of hydrogen-bond acceptors (Lipinski definition) is 8. The van der Waals surface area contributed by atoms with Crippen LogP contribution in [0.25, 0.3) is 0 Å². The number of carboxylic acids is 1. The number of nitrogens with zero attached hydrogens (tertiary/aromatic N) is 1. The second kappa shape index (κ2) is 69.8. The molecule has 9 heteroatoms. The van der Waals surface area contributed by atoms with Gasteiger partial charge >= 0.3 is 11.9 Å². The highest BCUT2D eigenvalue weighted by Crippen LogP contribution is 2.18. The third-order valence-electron chi connectivity index (χ3n) is 16.0. The Balaban J connectivity index is 4.04. The summed E-state index contributed by atoms with van der Waals surface area (Å²) in [6.45, 7) is 4.56. The van der Waals surface area contributed by atoms with E-state index in [9.17, 15) is 19.5 Å². The molecule has 0 fully saturated rings. The molecule has 0 aliphatic rings. The van der Waals surface area contributed by atoms with Gasteiger partial charge in [-0.15, -0.1) is 0 Å². The highest BCUT2D eigenvalue weighted by atomic mass is 16.7. The van der Waals surface area contributed by atoms with Gasteiger partial charge in [0, 0.05) is 12.8 Å². The molecule has 512 valence electrons. The molecule has 0 radical (unpaired) electrons. The molecule has 0 amide bonds. The number of quaternary nitrogens is 1. The van der Waals surface area contributed by atoms with Crippen molar-refractivity contribution in [1.82, 2.24) is 0 Å². The zero-order chi connectivity index (χ0) is 64.7. The molecule has 0 N–H and O–H groups in total. The van der Waals surface area contributed by atoms with Crippen LogP contribution in [-0.4, -0.2) is 82.3 Å². The third kappa shape index (κ3) is 71.3. The second-order valence-corrected chi connectivity index (χ2v) is 25.8. The summed E-state index contributed by atoms with van der Waals surface area (Å²) in [5.74, 6) is -2.27. The monoisotopic (exact) mass is 1240 g/mol. The van der Waals surface area contributed by atoms with Crippen LogP contribution in [0, 0.1) is 0 Å². The Bertz CT molecular complexity index is 1830. The number of aliphatic carboxylic acids is 1. The number of carbonyl (C=O) groups excluding carboxylic acids is 3. The number of allylic oxidation sites excluding steroid dienone is 18. The molecule has 2 atom stereocenters. The zero-order valence-corrected chi connectivity index (χ0v) is 58.5. The van der Waals surface area contributed by atoms with Crippen molar-refractivity contribution in [2.45, 2.75) is 334 Å². The quantitative estimate of drug-likeness (QED) is 0.0195. The minimum atomic E-state index is -1.63. The average Bonchev–Trinajstić information content (AvgIpc) is 3.70. The highest BCUT2D eigenvalue weighted by Gasteiger charge is 2.22. The number of carbonyl (C=O) groups is 3. The van der Waals surface area contributed by atoms with Gasteiger partial charge in [0.05, 0.1) is 40.3 Å². The molecule has 0 bridgehead atoms. The first-order chi connectivity index (χ1) is 43.6. The SMILES string of the molecule is CC/C=C\C/C=C\C/C=C\C/C=C\C/C=C\CCCCCCCCCCCCCCCCCCCCCCCC(=O)OC(COC(=O)CCCCCCCCCCCCCCCC/C=C\C/C=C\C/C=C\C/C=C\CC)COC(OCC[N+](C)(C)C)C(=O)[O-].